The number of morpholine rings is 1. The number of nitrogens with zero attached hydrogens (tertiary/aromatic N) is 2. The van der Waals surface area contributed by atoms with Crippen molar-refractivity contribution >= 4 is 12.4 Å². The minimum atomic E-state index is -4.49. The second-order valence-corrected chi connectivity index (χ2v) is 8.10. The van der Waals surface area contributed by atoms with Crippen LogP contribution in [0.1, 0.15) is 37.6 Å². The van der Waals surface area contributed by atoms with Crippen LogP contribution < -0.4 is 0 Å². The number of aromatic hydroxyl groups is 1. The number of pyridine rings is 1. The van der Waals surface area contributed by atoms with Crippen molar-refractivity contribution in [3.63, 3.8) is 0 Å². The van der Waals surface area contributed by atoms with Gasteiger partial charge in [-0.05, 0) is 23.1 Å². The van der Waals surface area contributed by atoms with Gasteiger partial charge in [0.15, 0.2) is 0 Å². The summed E-state index contributed by atoms with van der Waals surface area (Å²) >= 11 is 0. The van der Waals surface area contributed by atoms with E-state index in [1.165, 1.54) is 12.3 Å². The van der Waals surface area contributed by atoms with Crippen molar-refractivity contribution in [3.05, 3.63) is 47.3 Å². The number of phenols is 1. The van der Waals surface area contributed by atoms with Gasteiger partial charge in [-0.15, -0.1) is 12.4 Å². The topological polar surface area (TPSA) is 45.6 Å². The fraction of sp³-hybridized carbons (Fsp3) is 0.476. The third-order valence-electron chi connectivity index (χ3n) is 4.92. The Hall–Kier alpha value is -1.83. The van der Waals surface area contributed by atoms with Crippen LogP contribution in [0, 0.1) is 0 Å². The van der Waals surface area contributed by atoms with Crippen molar-refractivity contribution in [2.75, 3.05) is 26.3 Å². The third-order valence-corrected chi connectivity index (χ3v) is 4.92. The van der Waals surface area contributed by atoms with E-state index < -0.39 is 11.9 Å². The monoisotopic (exact) mass is 430 g/mol. The summed E-state index contributed by atoms with van der Waals surface area (Å²) in [6, 6.07) is 6.12. The molecule has 0 saturated carbocycles. The number of hydrogen-bond acceptors (Lipinski definition) is 4. The normalized spacial score (nSPS) is 15.8. The predicted molar refractivity (Wildman–Crippen MR) is 108 cm³/mol. The highest BCUT2D eigenvalue weighted by atomic mass is 35.5. The summed E-state index contributed by atoms with van der Waals surface area (Å²) in [5.74, 6) is 0.0843. The van der Waals surface area contributed by atoms with Crippen LogP contribution in [0.5, 0.6) is 5.75 Å². The lowest BCUT2D eigenvalue weighted by Crippen LogP contribution is -2.35. The minimum absolute atomic E-state index is 0. The Labute approximate surface area is 175 Å². The number of phenolic OH excluding ortho intramolecular Hbond substituents is 1. The largest absolute Gasteiger partial charge is 0.507 e. The predicted octanol–water partition coefficient (Wildman–Crippen LogP) is 5.02. The first-order valence-corrected chi connectivity index (χ1v) is 9.26. The van der Waals surface area contributed by atoms with Crippen molar-refractivity contribution in [3.8, 4) is 16.9 Å². The molecule has 0 spiro atoms. The Kier molecular flexibility index (Phi) is 7.19. The molecule has 4 nitrogen and oxygen atoms in total. The Morgan fingerprint density at radius 2 is 1.76 bits per heavy atom. The maximum atomic E-state index is 12.8. The van der Waals surface area contributed by atoms with Crippen molar-refractivity contribution in [2.24, 2.45) is 0 Å². The summed E-state index contributed by atoms with van der Waals surface area (Å²) in [6.07, 6.45) is -3.32. The molecule has 8 heteroatoms. The van der Waals surface area contributed by atoms with E-state index in [1.807, 2.05) is 12.1 Å². The lowest BCUT2D eigenvalue weighted by atomic mass is 9.83. The molecule has 1 N–H and O–H groups in total. The SMILES string of the molecule is CC(C)(C)c1cc(CN2CCOCC2)c(O)c(-c2ccc(C(F)(F)F)nc2)c1.Cl. The highest BCUT2D eigenvalue weighted by Gasteiger charge is 2.32. The molecule has 2 heterocycles. The highest BCUT2D eigenvalue weighted by Crippen LogP contribution is 2.38. The average Bonchev–Trinajstić information content (AvgIpc) is 2.63. The van der Waals surface area contributed by atoms with Gasteiger partial charge in [-0.3, -0.25) is 9.88 Å². The Bertz CT molecular complexity index is 828. The van der Waals surface area contributed by atoms with Crippen molar-refractivity contribution in [1.29, 1.82) is 0 Å². The number of alkyl halides is 3. The summed E-state index contributed by atoms with van der Waals surface area (Å²) < 4.78 is 43.8. The first-order chi connectivity index (χ1) is 13.1. The molecule has 29 heavy (non-hydrogen) atoms. The zero-order chi connectivity index (χ0) is 20.5. The van der Waals surface area contributed by atoms with Crippen LogP contribution in [-0.4, -0.2) is 41.3 Å². The quantitative estimate of drug-likeness (QED) is 0.742. The van der Waals surface area contributed by atoms with Gasteiger partial charge >= 0.3 is 6.18 Å². The molecular formula is C21H26ClF3N2O2. The lowest BCUT2D eigenvalue weighted by molar-refractivity contribution is -0.141. The van der Waals surface area contributed by atoms with E-state index >= 15 is 0 Å². The van der Waals surface area contributed by atoms with Crippen LogP contribution >= 0.6 is 12.4 Å². The van der Waals surface area contributed by atoms with Gasteiger partial charge in [-0.2, -0.15) is 13.2 Å². The molecule has 160 valence electrons. The number of benzene rings is 1. The van der Waals surface area contributed by atoms with Gasteiger partial charge < -0.3 is 9.84 Å². The molecule has 0 atom stereocenters. The van der Waals surface area contributed by atoms with E-state index in [1.54, 1.807) is 0 Å². The molecule has 1 aliphatic rings. The zero-order valence-corrected chi connectivity index (χ0v) is 17.5. The van der Waals surface area contributed by atoms with E-state index in [9.17, 15) is 18.3 Å². The first kappa shape index (κ1) is 23.4. The molecule has 0 radical (unpaired) electrons. The van der Waals surface area contributed by atoms with Gasteiger partial charge in [-0.1, -0.05) is 32.9 Å². The van der Waals surface area contributed by atoms with Crippen molar-refractivity contribution < 1.29 is 23.0 Å². The smallest absolute Gasteiger partial charge is 0.433 e. The molecule has 0 amide bonds. The van der Waals surface area contributed by atoms with E-state index in [0.717, 1.165) is 30.3 Å². The lowest BCUT2D eigenvalue weighted by Gasteiger charge is -2.28. The number of ether oxygens (including phenoxy) is 1. The molecule has 1 fully saturated rings. The van der Waals surface area contributed by atoms with Gasteiger partial charge in [0.2, 0.25) is 0 Å². The average molecular weight is 431 g/mol. The first-order valence-electron chi connectivity index (χ1n) is 9.26. The van der Waals surface area contributed by atoms with Gasteiger partial charge in [0.05, 0.1) is 13.2 Å². The molecule has 1 aromatic heterocycles. The second kappa shape index (κ2) is 8.90. The van der Waals surface area contributed by atoms with Crippen LogP contribution in [-0.2, 0) is 22.9 Å². The zero-order valence-electron chi connectivity index (χ0n) is 16.7. The fourth-order valence-electron chi connectivity index (χ4n) is 3.19. The van der Waals surface area contributed by atoms with Crippen LogP contribution in [0.15, 0.2) is 30.5 Å². The molecule has 0 bridgehead atoms. The summed E-state index contributed by atoms with van der Waals surface area (Å²) in [5.41, 5.74) is 1.59. The standard InChI is InChI=1S/C21H25F3N2O2.ClH/c1-20(2,3)16-10-15(13-26-6-8-28-9-7-26)19(27)17(11-16)14-4-5-18(25-12-14)21(22,23)24;/h4-5,10-12,27H,6-9,13H2,1-3H3;1H. The summed E-state index contributed by atoms with van der Waals surface area (Å²) in [4.78, 5) is 5.74. The number of halogens is 4. The Morgan fingerprint density at radius 1 is 1.10 bits per heavy atom. The molecule has 0 aliphatic carbocycles. The summed E-state index contributed by atoms with van der Waals surface area (Å²) in [7, 11) is 0. The van der Waals surface area contributed by atoms with E-state index in [4.69, 9.17) is 4.74 Å². The number of rotatable bonds is 3. The van der Waals surface area contributed by atoms with E-state index in [2.05, 4.69) is 30.7 Å². The number of hydrogen-bond donors (Lipinski definition) is 1. The molecule has 1 saturated heterocycles. The molecule has 1 aliphatic heterocycles. The van der Waals surface area contributed by atoms with Gasteiger partial charge in [0.1, 0.15) is 11.4 Å². The fourth-order valence-corrected chi connectivity index (χ4v) is 3.19. The summed E-state index contributed by atoms with van der Waals surface area (Å²) in [5, 5.41) is 10.9. The van der Waals surface area contributed by atoms with Gasteiger partial charge in [0, 0.05) is 42.5 Å². The van der Waals surface area contributed by atoms with E-state index in [0.29, 0.717) is 30.9 Å². The third kappa shape index (κ3) is 5.62. The molecule has 0 unspecified atom stereocenters. The van der Waals surface area contributed by atoms with Gasteiger partial charge in [0.25, 0.3) is 0 Å². The second-order valence-electron chi connectivity index (χ2n) is 8.10. The Morgan fingerprint density at radius 3 is 2.28 bits per heavy atom. The van der Waals surface area contributed by atoms with Crippen LogP contribution in [0.2, 0.25) is 0 Å². The molecular weight excluding hydrogens is 405 g/mol. The van der Waals surface area contributed by atoms with Crippen LogP contribution in [0.25, 0.3) is 11.1 Å². The van der Waals surface area contributed by atoms with Crippen molar-refractivity contribution in [2.45, 2.75) is 38.9 Å². The number of aromatic nitrogens is 1. The van der Waals surface area contributed by atoms with Crippen molar-refractivity contribution in [1.82, 2.24) is 9.88 Å². The molecule has 3 rings (SSSR count). The van der Waals surface area contributed by atoms with Crippen LogP contribution in [0.3, 0.4) is 0 Å². The van der Waals surface area contributed by atoms with Gasteiger partial charge in [-0.25, -0.2) is 0 Å². The van der Waals surface area contributed by atoms with E-state index in [-0.39, 0.29) is 23.6 Å². The maximum Gasteiger partial charge on any atom is 0.433 e. The van der Waals surface area contributed by atoms with Crippen LogP contribution in [0.4, 0.5) is 13.2 Å². The minimum Gasteiger partial charge on any atom is -0.507 e. The molecule has 2 aromatic rings. The highest BCUT2D eigenvalue weighted by molar-refractivity contribution is 5.85. The summed E-state index contributed by atoms with van der Waals surface area (Å²) in [6.45, 7) is 9.59. The Balaban J connectivity index is 0.00000300. The molecule has 1 aromatic carbocycles. The maximum absolute atomic E-state index is 12.8.